The van der Waals surface area contributed by atoms with Gasteiger partial charge in [0.2, 0.25) is 5.91 Å². The number of nitrogens with zero attached hydrogens (tertiary/aromatic N) is 2. The van der Waals surface area contributed by atoms with Crippen LogP contribution in [-0.2, 0) is 4.74 Å². The fourth-order valence-corrected chi connectivity index (χ4v) is 2.58. The van der Waals surface area contributed by atoms with Gasteiger partial charge in [-0.1, -0.05) is 11.6 Å². The predicted octanol–water partition coefficient (Wildman–Crippen LogP) is 2.50. The molecule has 1 heterocycles. The Bertz CT molecular complexity index is 605. The van der Waals surface area contributed by atoms with Crippen molar-refractivity contribution in [3.8, 4) is 0 Å². The highest BCUT2D eigenvalue weighted by Gasteiger charge is 2.26. The summed E-state index contributed by atoms with van der Waals surface area (Å²) in [6.45, 7) is 7.96. The summed E-state index contributed by atoms with van der Waals surface area (Å²) in [4.78, 5) is 27.2. The molecule has 0 aromatic heterocycles. The number of carbonyl (C=O) groups excluding carboxylic acids is 2. The van der Waals surface area contributed by atoms with Crippen LogP contribution in [0.2, 0.25) is 5.02 Å². The number of nitrogens with two attached hydrogens (primary N) is 1. The van der Waals surface area contributed by atoms with Crippen LogP contribution in [0.1, 0.15) is 31.1 Å². The first-order valence-electron chi connectivity index (χ1n) is 7.49. The molecule has 2 rings (SSSR count). The lowest BCUT2D eigenvalue weighted by Crippen LogP contribution is -2.50. The third kappa shape index (κ3) is 4.51. The number of anilines is 1. The molecule has 6 nitrogen and oxygen atoms in total. The summed E-state index contributed by atoms with van der Waals surface area (Å²) >= 11 is 5.97. The molecule has 1 aromatic carbocycles. The van der Waals surface area contributed by atoms with Crippen LogP contribution >= 0.6 is 11.6 Å². The molecular weight excluding hydrogens is 318 g/mol. The van der Waals surface area contributed by atoms with Gasteiger partial charge in [0.1, 0.15) is 5.60 Å². The Labute approximate surface area is 141 Å². The number of carbonyl (C=O) groups is 2. The van der Waals surface area contributed by atoms with Crippen molar-refractivity contribution >= 4 is 29.3 Å². The van der Waals surface area contributed by atoms with Gasteiger partial charge in [-0.3, -0.25) is 4.79 Å². The highest BCUT2D eigenvalue weighted by molar-refractivity contribution is 6.33. The molecule has 23 heavy (non-hydrogen) atoms. The molecular formula is C16H22ClN3O3. The van der Waals surface area contributed by atoms with E-state index in [4.69, 9.17) is 22.1 Å². The van der Waals surface area contributed by atoms with E-state index < -0.39 is 11.5 Å². The van der Waals surface area contributed by atoms with Gasteiger partial charge in [-0.25, -0.2) is 4.79 Å². The number of hydrogen-bond donors (Lipinski definition) is 1. The fourth-order valence-electron chi connectivity index (χ4n) is 2.37. The van der Waals surface area contributed by atoms with E-state index in [0.717, 1.165) is 5.69 Å². The molecule has 0 radical (unpaired) electrons. The zero-order chi connectivity index (χ0) is 17.2. The van der Waals surface area contributed by atoms with Crippen molar-refractivity contribution in [3.05, 3.63) is 28.8 Å². The number of ether oxygens (including phenoxy) is 1. The number of benzene rings is 1. The fraction of sp³-hybridized carbons (Fsp3) is 0.500. The minimum atomic E-state index is -0.552. The number of amides is 2. The maximum atomic E-state index is 12.1. The SMILES string of the molecule is CC(C)(C)OC(=O)N1CCN(c2ccc(Cl)c(C(N)=O)c2)CC1. The highest BCUT2D eigenvalue weighted by atomic mass is 35.5. The van der Waals surface area contributed by atoms with Gasteiger partial charge in [0.05, 0.1) is 10.6 Å². The Morgan fingerprint density at radius 1 is 1.17 bits per heavy atom. The normalized spacial score (nSPS) is 15.5. The topological polar surface area (TPSA) is 75.9 Å². The molecule has 0 saturated carbocycles. The third-order valence-electron chi connectivity index (χ3n) is 3.51. The van der Waals surface area contributed by atoms with Crippen molar-refractivity contribution < 1.29 is 14.3 Å². The number of primary amides is 1. The van der Waals surface area contributed by atoms with Crippen LogP contribution in [0.3, 0.4) is 0 Å². The molecule has 1 fully saturated rings. The summed E-state index contributed by atoms with van der Waals surface area (Å²) in [7, 11) is 0. The van der Waals surface area contributed by atoms with Gasteiger partial charge < -0.3 is 20.3 Å². The van der Waals surface area contributed by atoms with E-state index in [1.807, 2.05) is 26.8 Å². The Morgan fingerprint density at radius 3 is 2.30 bits per heavy atom. The Balaban J connectivity index is 2.01. The molecule has 0 aliphatic carbocycles. The van der Waals surface area contributed by atoms with E-state index in [1.54, 1.807) is 17.0 Å². The zero-order valence-corrected chi connectivity index (χ0v) is 14.4. The van der Waals surface area contributed by atoms with Crippen molar-refractivity contribution in [2.24, 2.45) is 5.73 Å². The quantitative estimate of drug-likeness (QED) is 0.898. The van der Waals surface area contributed by atoms with Crippen LogP contribution in [0, 0.1) is 0 Å². The molecule has 2 amide bonds. The lowest BCUT2D eigenvalue weighted by molar-refractivity contribution is 0.0240. The van der Waals surface area contributed by atoms with E-state index in [9.17, 15) is 9.59 Å². The van der Waals surface area contributed by atoms with Crippen LogP contribution in [0.15, 0.2) is 18.2 Å². The molecule has 1 aromatic rings. The second-order valence-corrected chi connectivity index (χ2v) is 6.89. The molecule has 0 spiro atoms. The number of piperazine rings is 1. The predicted molar refractivity (Wildman–Crippen MR) is 90.0 cm³/mol. The smallest absolute Gasteiger partial charge is 0.410 e. The summed E-state index contributed by atoms with van der Waals surface area (Å²) in [5, 5.41) is 0.341. The molecule has 0 unspecified atom stereocenters. The molecule has 1 aliphatic heterocycles. The molecule has 126 valence electrons. The van der Waals surface area contributed by atoms with Crippen LogP contribution in [0.25, 0.3) is 0 Å². The monoisotopic (exact) mass is 339 g/mol. The molecule has 1 aliphatic rings. The number of halogens is 1. The minimum absolute atomic E-state index is 0.300. The maximum Gasteiger partial charge on any atom is 0.410 e. The van der Waals surface area contributed by atoms with Crippen LogP contribution < -0.4 is 10.6 Å². The standard InChI is InChI=1S/C16H22ClN3O3/c1-16(2,3)23-15(22)20-8-6-19(7-9-20)11-4-5-13(17)12(10-11)14(18)21/h4-5,10H,6-9H2,1-3H3,(H2,18,21). The van der Waals surface area contributed by atoms with Crippen LogP contribution in [-0.4, -0.2) is 48.7 Å². The average molecular weight is 340 g/mol. The first kappa shape index (κ1) is 17.4. The van der Waals surface area contributed by atoms with Crippen molar-refractivity contribution in [3.63, 3.8) is 0 Å². The maximum absolute atomic E-state index is 12.1. The molecule has 0 bridgehead atoms. The Kier molecular flexibility index (Phi) is 5.04. The summed E-state index contributed by atoms with van der Waals surface area (Å²) in [6, 6.07) is 5.20. The first-order chi connectivity index (χ1) is 10.7. The summed E-state index contributed by atoms with van der Waals surface area (Å²) in [6.07, 6.45) is -0.300. The largest absolute Gasteiger partial charge is 0.444 e. The molecule has 7 heteroatoms. The van der Waals surface area contributed by atoms with E-state index in [0.29, 0.717) is 36.8 Å². The van der Waals surface area contributed by atoms with Gasteiger partial charge in [-0.05, 0) is 39.0 Å². The second-order valence-electron chi connectivity index (χ2n) is 6.48. The van der Waals surface area contributed by atoms with Gasteiger partial charge in [-0.15, -0.1) is 0 Å². The van der Waals surface area contributed by atoms with Gasteiger partial charge in [0.25, 0.3) is 0 Å². The lowest BCUT2D eigenvalue weighted by Gasteiger charge is -2.36. The lowest BCUT2D eigenvalue weighted by atomic mass is 10.1. The molecule has 0 atom stereocenters. The minimum Gasteiger partial charge on any atom is -0.444 e. The highest BCUT2D eigenvalue weighted by Crippen LogP contribution is 2.24. The third-order valence-corrected chi connectivity index (χ3v) is 3.84. The first-order valence-corrected chi connectivity index (χ1v) is 7.87. The zero-order valence-electron chi connectivity index (χ0n) is 13.6. The van der Waals surface area contributed by atoms with Crippen molar-refractivity contribution in [1.82, 2.24) is 4.90 Å². The van der Waals surface area contributed by atoms with Gasteiger partial charge in [-0.2, -0.15) is 0 Å². The number of rotatable bonds is 2. The molecule has 2 N–H and O–H groups in total. The summed E-state index contributed by atoms with van der Waals surface area (Å²) in [5.41, 5.74) is 6.00. The van der Waals surface area contributed by atoms with E-state index in [-0.39, 0.29) is 6.09 Å². The van der Waals surface area contributed by atoms with E-state index in [2.05, 4.69) is 4.90 Å². The van der Waals surface area contributed by atoms with Gasteiger partial charge in [0, 0.05) is 31.9 Å². The van der Waals surface area contributed by atoms with Crippen LogP contribution in [0.4, 0.5) is 10.5 Å². The second kappa shape index (κ2) is 6.66. The van der Waals surface area contributed by atoms with Gasteiger partial charge >= 0.3 is 6.09 Å². The van der Waals surface area contributed by atoms with Crippen molar-refractivity contribution in [1.29, 1.82) is 0 Å². The summed E-state index contributed by atoms with van der Waals surface area (Å²) in [5.74, 6) is -0.552. The van der Waals surface area contributed by atoms with Gasteiger partial charge in [0.15, 0.2) is 0 Å². The van der Waals surface area contributed by atoms with Crippen LogP contribution in [0.5, 0.6) is 0 Å². The number of hydrogen-bond acceptors (Lipinski definition) is 4. The average Bonchev–Trinajstić information content (AvgIpc) is 2.46. The Hall–Kier alpha value is -1.95. The Morgan fingerprint density at radius 2 is 1.78 bits per heavy atom. The summed E-state index contributed by atoms with van der Waals surface area (Å²) < 4.78 is 5.37. The molecule has 1 saturated heterocycles. The van der Waals surface area contributed by atoms with Crippen molar-refractivity contribution in [2.75, 3.05) is 31.1 Å². The van der Waals surface area contributed by atoms with Crippen molar-refractivity contribution in [2.45, 2.75) is 26.4 Å². The van der Waals surface area contributed by atoms with E-state index >= 15 is 0 Å². The van der Waals surface area contributed by atoms with E-state index in [1.165, 1.54) is 0 Å².